The van der Waals surface area contributed by atoms with E-state index in [1.54, 1.807) is 11.3 Å². The molecule has 0 bridgehead atoms. The molecule has 0 unspecified atom stereocenters. The number of hydrogen-bond acceptors (Lipinski definition) is 3. The molecule has 0 aliphatic carbocycles. The second-order valence-electron chi connectivity index (χ2n) is 4.27. The van der Waals surface area contributed by atoms with E-state index in [4.69, 9.17) is 0 Å². The molecule has 0 radical (unpaired) electrons. The lowest BCUT2D eigenvalue weighted by atomic mass is 10.2. The third-order valence-corrected chi connectivity index (χ3v) is 3.67. The highest BCUT2D eigenvalue weighted by Crippen LogP contribution is 2.17. The quantitative estimate of drug-likeness (QED) is 0.690. The molecule has 0 saturated carbocycles. The Bertz CT molecular complexity index is 613. The molecule has 0 aliphatic rings. The van der Waals surface area contributed by atoms with Gasteiger partial charge in [-0.2, -0.15) is 0 Å². The van der Waals surface area contributed by atoms with Crippen LogP contribution in [0.15, 0.2) is 41.4 Å². The van der Waals surface area contributed by atoms with Gasteiger partial charge in [0.25, 0.3) is 0 Å². The Labute approximate surface area is 110 Å². The molecule has 2 N–H and O–H groups in total. The lowest BCUT2D eigenvalue weighted by molar-refractivity contribution is 0.684. The van der Waals surface area contributed by atoms with E-state index in [0.717, 1.165) is 19.5 Å². The second kappa shape index (κ2) is 5.33. The number of hydrogen-bond donors (Lipinski definition) is 2. The Morgan fingerprint density at radius 1 is 1.28 bits per heavy atom. The Morgan fingerprint density at radius 2 is 2.22 bits per heavy atom. The van der Waals surface area contributed by atoms with E-state index in [-0.39, 0.29) is 0 Å². The van der Waals surface area contributed by atoms with Crippen LogP contribution in [0.1, 0.15) is 11.3 Å². The molecule has 0 atom stereocenters. The van der Waals surface area contributed by atoms with E-state index in [1.807, 2.05) is 5.51 Å². The van der Waals surface area contributed by atoms with E-state index in [2.05, 4.69) is 51.1 Å². The summed E-state index contributed by atoms with van der Waals surface area (Å²) in [5, 5.41) is 6.87. The van der Waals surface area contributed by atoms with Crippen LogP contribution in [0.2, 0.25) is 0 Å². The summed E-state index contributed by atoms with van der Waals surface area (Å²) in [6, 6.07) is 8.39. The van der Waals surface area contributed by atoms with Gasteiger partial charge in [-0.05, 0) is 11.6 Å². The van der Waals surface area contributed by atoms with Gasteiger partial charge >= 0.3 is 0 Å². The zero-order valence-electron chi connectivity index (χ0n) is 10.0. The normalized spacial score (nSPS) is 11.1. The second-order valence-corrected chi connectivity index (χ2v) is 4.98. The minimum atomic E-state index is 0.897. The van der Waals surface area contributed by atoms with Crippen LogP contribution in [0.3, 0.4) is 0 Å². The maximum Gasteiger partial charge on any atom is 0.0794 e. The number of para-hydroxylation sites is 1. The smallest absolute Gasteiger partial charge is 0.0794 e. The van der Waals surface area contributed by atoms with E-state index in [9.17, 15) is 0 Å². The lowest BCUT2D eigenvalue weighted by Gasteiger charge is -2.02. The average molecular weight is 257 g/mol. The molecule has 0 saturated heterocycles. The van der Waals surface area contributed by atoms with Crippen molar-refractivity contribution in [2.45, 2.75) is 13.0 Å². The fourth-order valence-electron chi connectivity index (χ4n) is 2.08. The van der Waals surface area contributed by atoms with Crippen molar-refractivity contribution in [2.75, 3.05) is 6.54 Å². The van der Waals surface area contributed by atoms with Crippen LogP contribution in [0.5, 0.6) is 0 Å². The third-order valence-electron chi connectivity index (χ3n) is 3.03. The van der Waals surface area contributed by atoms with Crippen LogP contribution in [-0.4, -0.2) is 16.5 Å². The summed E-state index contributed by atoms with van der Waals surface area (Å²) in [5.74, 6) is 0. The minimum Gasteiger partial charge on any atom is -0.361 e. The van der Waals surface area contributed by atoms with Crippen LogP contribution in [-0.2, 0) is 13.0 Å². The first-order valence-electron chi connectivity index (χ1n) is 6.06. The molecule has 3 aromatic rings. The van der Waals surface area contributed by atoms with Gasteiger partial charge in [0.1, 0.15) is 0 Å². The zero-order valence-corrected chi connectivity index (χ0v) is 10.8. The maximum absolute atomic E-state index is 4.27. The van der Waals surface area contributed by atoms with Gasteiger partial charge in [-0.15, -0.1) is 11.3 Å². The minimum absolute atomic E-state index is 0.897. The maximum atomic E-state index is 4.27. The predicted octanol–water partition coefficient (Wildman–Crippen LogP) is 2.96. The summed E-state index contributed by atoms with van der Waals surface area (Å²) in [7, 11) is 0. The molecule has 3 nitrogen and oxygen atoms in total. The number of H-pyrrole nitrogens is 1. The molecule has 0 spiro atoms. The van der Waals surface area contributed by atoms with Crippen molar-refractivity contribution < 1.29 is 0 Å². The molecular formula is C14H15N3S. The highest BCUT2D eigenvalue weighted by molar-refractivity contribution is 7.07. The molecule has 1 aromatic carbocycles. The highest BCUT2D eigenvalue weighted by atomic mass is 32.1. The molecule has 18 heavy (non-hydrogen) atoms. The molecule has 2 heterocycles. The summed E-state index contributed by atoms with van der Waals surface area (Å²) in [6.07, 6.45) is 3.08. The largest absolute Gasteiger partial charge is 0.361 e. The number of fused-ring (bicyclic) bond motifs is 1. The SMILES string of the molecule is c1ccc2c(CNCCc3cscn3)c[nH]c2c1. The zero-order chi connectivity index (χ0) is 12.2. The predicted molar refractivity (Wildman–Crippen MR) is 75.8 cm³/mol. The monoisotopic (exact) mass is 257 g/mol. The number of nitrogens with zero attached hydrogens (tertiary/aromatic N) is 1. The fourth-order valence-corrected chi connectivity index (χ4v) is 2.67. The molecule has 0 aliphatic heterocycles. The van der Waals surface area contributed by atoms with Crippen molar-refractivity contribution in [3.8, 4) is 0 Å². The van der Waals surface area contributed by atoms with Crippen LogP contribution in [0.4, 0.5) is 0 Å². The molecular weight excluding hydrogens is 242 g/mol. The van der Waals surface area contributed by atoms with Crippen LogP contribution >= 0.6 is 11.3 Å². The molecule has 0 fully saturated rings. The standard InChI is InChI=1S/C14H15N3S/c1-2-4-14-13(3-1)11(8-16-14)7-15-6-5-12-9-18-10-17-12/h1-4,8-10,15-16H,5-7H2. The number of rotatable bonds is 5. The van der Waals surface area contributed by atoms with Gasteiger partial charge in [-0.3, -0.25) is 0 Å². The van der Waals surface area contributed by atoms with Crippen molar-refractivity contribution in [1.82, 2.24) is 15.3 Å². The Morgan fingerprint density at radius 3 is 3.11 bits per heavy atom. The summed E-state index contributed by atoms with van der Waals surface area (Å²) >= 11 is 1.65. The Balaban J connectivity index is 1.57. The molecule has 4 heteroatoms. The van der Waals surface area contributed by atoms with E-state index in [0.29, 0.717) is 0 Å². The number of thiazole rings is 1. The third kappa shape index (κ3) is 2.44. The van der Waals surface area contributed by atoms with Crippen LogP contribution in [0, 0.1) is 0 Å². The summed E-state index contributed by atoms with van der Waals surface area (Å²) in [5.41, 5.74) is 5.58. The number of aromatic nitrogens is 2. The van der Waals surface area contributed by atoms with Crippen molar-refractivity contribution in [3.05, 3.63) is 52.6 Å². The Hall–Kier alpha value is -1.65. The van der Waals surface area contributed by atoms with Gasteiger partial charge in [0, 0.05) is 42.0 Å². The summed E-state index contributed by atoms with van der Waals surface area (Å²) in [6.45, 7) is 1.86. The van der Waals surface area contributed by atoms with Gasteiger partial charge in [0.2, 0.25) is 0 Å². The van der Waals surface area contributed by atoms with Gasteiger partial charge in [-0.1, -0.05) is 18.2 Å². The number of aromatic amines is 1. The van der Waals surface area contributed by atoms with Gasteiger partial charge < -0.3 is 10.3 Å². The van der Waals surface area contributed by atoms with Crippen LogP contribution in [0.25, 0.3) is 10.9 Å². The van der Waals surface area contributed by atoms with E-state index < -0.39 is 0 Å². The lowest BCUT2D eigenvalue weighted by Crippen LogP contribution is -2.16. The van der Waals surface area contributed by atoms with Crippen molar-refractivity contribution in [3.63, 3.8) is 0 Å². The summed E-state index contributed by atoms with van der Waals surface area (Å²) in [4.78, 5) is 7.57. The molecule has 2 aromatic heterocycles. The molecule has 3 rings (SSSR count). The first-order chi connectivity index (χ1) is 8.93. The molecule has 0 amide bonds. The fraction of sp³-hybridized carbons (Fsp3) is 0.214. The van der Waals surface area contributed by atoms with Crippen molar-refractivity contribution in [1.29, 1.82) is 0 Å². The summed E-state index contributed by atoms with van der Waals surface area (Å²) < 4.78 is 0. The van der Waals surface area contributed by atoms with Gasteiger partial charge in [0.05, 0.1) is 11.2 Å². The average Bonchev–Trinajstić information content (AvgIpc) is 3.04. The van der Waals surface area contributed by atoms with Crippen LogP contribution < -0.4 is 5.32 Å². The van der Waals surface area contributed by atoms with Crippen molar-refractivity contribution >= 4 is 22.2 Å². The Kier molecular flexibility index (Phi) is 3.39. The van der Waals surface area contributed by atoms with Crippen molar-refractivity contribution in [2.24, 2.45) is 0 Å². The first kappa shape index (κ1) is 11.4. The molecule has 92 valence electrons. The number of benzene rings is 1. The topological polar surface area (TPSA) is 40.7 Å². The van der Waals surface area contributed by atoms with E-state index >= 15 is 0 Å². The van der Waals surface area contributed by atoms with Gasteiger partial charge in [0.15, 0.2) is 0 Å². The van der Waals surface area contributed by atoms with E-state index in [1.165, 1.54) is 22.2 Å². The van der Waals surface area contributed by atoms with Gasteiger partial charge in [-0.25, -0.2) is 4.98 Å². The number of nitrogens with one attached hydrogen (secondary N) is 2. The first-order valence-corrected chi connectivity index (χ1v) is 7.00. The highest BCUT2D eigenvalue weighted by Gasteiger charge is 2.02.